The summed E-state index contributed by atoms with van der Waals surface area (Å²) in [6, 6.07) is 18.1. The normalized spacial score (nSPS) is 19.6. The topological polar surface area (TPSA) is 62.4 Å². The smallest absolute Gasteiger partial charge is 0.319 e. The number of ether oxygens (including phenoxy) is 1. The highest BCUT2D eigenvalue weighted by Gasteiger charge is 2.21. The van der Waals surface area contributed by atoms with Crippen LogP contribution in [0.15, 0.2) is 54.6 Å². The van der Waals surface area contributed by atoms with E-state index in [2.05, 4.69) is 46.3 Å². The summed E-state index contributed by atoms with van der Waals surface area (Å²) in [5.41, 5.74) is 2.12. The van der Waals surface area contributed by atoms with Crippen LogP contribution in [0, 0.1) is 5.92 Å². The quantitative estimate of drug-likeness (QED) is 0.746. The van der Waals surface area contributed by atoms with E-state index in [0.29, 0.717) is 18.5 Å². The molecule has 0 unspecified atom stereocenters. The van der Waals surface area contributed by atoms with Crippen molar-refractivity contribution in [3.63, 3.8) is 0 Å². The minimum Gasteiger partial charge on any atom is -0.497 e. The van der Waals surface area contributed by atoms with E-state index in [-0.39, 0.29) is 6.03 Å². The van der Waals surface area contributed by atoms with Crippen molar-refractivity contribution in [1.82, 2.24) is 10.6 Å². The van der Waals surface area contributed by atoms with Gasteiger partial charge in [0.1, 0.15) is 5.75 Å². The molecule has 0 saturated carbocycles. The Bertz CT molecular complexity index is 697. The predicted octanol–water partition coefficient (Wildman–Crippen LogP) is 3.43. The molecule has 1 aliphatic heterocycles. The molecular formula is C21H27N3O2. The van der Waals surface area contributed by atoms with E-state index in [0.717, 1.165) is 30.8 Å². The average molecular weight is 353 g/mol. The largest absolute Gasteiger partial charge is 0.497 e. The molecule has 0 aliphatic carbocycles. The molecule has 0 bridgehead atoms. The predicted molar refractivity (Wildman–Crippen MR) is 105 cm³/mol. The lowest BCUT2D eigenvalue weighted by Crippen LogP contribution is -2.47. The summed E-state index contributed by atoms with van der Waals surface area (Å²) in [5, 5.41) is 9.35. The fourth-order valence-electron chi connectivity index (χ4n) is 3.36. The Labute approximate surface area is 155 Å². The zero-order chi connectivity index (χ0) is 18.2. The minimum absolute atomic E-state index is 0.188. The number of rotatable bonds is 6. The van der Waals surface area contributed by atoms with Gasteiger partial charge in [0.15, 0.2) is 0 Å². The molecule has 1 heterocycles. The summed E-state index contributed by atoms with van der Waals surface area (Å²) in [6.45, 7) is 1.63. The van der Waals surface area contributed by atoms with E-state index in [1.54, 1.807) is 13.2 Å². The number of hydrogen-bond acceptors (Lipinski definition) is 3. The second-order valence-electron chi connectivity index (χ2n) is 6.81. The number of carbonyl (C=O) groups excluding carboxylic acids is 1. The van der Waals surface area contributed by atoms with Crippen molar-refractivity contribution in [2.45, 2.75) is 25.3 Å². The molecule has 0 spiro atoms. The average Bonchev–Trinajstić information content (AvgIpc) is 2.68. The molecule has 2 amide bonds. The fraction of sp³-hybridized carbons (Fsp3) is 0.381. The Morgan fingerprint density at radius 3 is 2.73 bits per heavy atom. The number of carbonyl (C=O) groups is 1. The van der Waals surface area contributed by atoms with Gasteiger partial charge in [-0.3, -0.25) is 0 Å². The maximum absolute atomic E-state index is 12.1. The van der Waals surface area contributed by atoms with Gasteiger partial charge in [0, 0.05) is 24.3 Å². The van der Waals surface area contributed by atoms with Crippen LogP contribution in [-0.2, 0) is 6.42 Å². The number of urea groups is 1. The molecular weight excluding hydrogens is 326 g/mol. The zero-order valence-electron chi connectivity index (χ0n) is 15.2. The van der Waals surface area contributed by atoms with Gasteiger partial charge in [-0.2, -0.15) is 0 Å². The summed E-state index contributed by atoms with van der Waals surface area (Å²) < 4.78 is 5.16. The minimum atomic E-state index is -0.188. The van der Waals surface area contributed by atoms with Crippen molar-refractivity contribution in [2.24, 2.45) is 5.92 Å². The molecule has 1 fully saturated rings. The van der Waals surface area contributed by atoms with E-state index in [1.165, 1.54) is 12.0 Å². The molecule has 2 aromatic rings. The second kappa shape index (κ2) is 9.25. The summed E-state index contributed by atoms with van der Waals surface area (Å²) >= 11 is 0. The van der Waals surface area contributed by atoms with Crippen LogP contribution in [0.3, 0.4) is 0 Å². The number of amides is 2. The molecule has 3 rings (SSSR count). The maximum atomic E-state index is 12.1. The first-order valence-corrected chi connectivity index (χ1v) is 9.19. The van der Waals surface area contributed by atoms with Gasteiger partial charge in [-0.15, -0.1) is 0 Å². The molecule has 2 atom stereocenters. The second-order valence-corrected chi connectivity index (χ2v) is 6.81. The van der Waals surface area contributed by atoms with E-state index in [9.17, 15) is 4.79 Å². The highest BCUT2D eigenvalue weighted by atomic mass is 16.5. The summed E-state index contributed by atoms with van der Waals surface area (Å²) in [6.07, 6.45) is 3.38. The van der Waals surface area contributed by atoms with Crippen LogP contribution in [0.2, 0.25) is 0 Å². The lowest BCUT2D eigenvalue weighted by molar-refractivity contribution is 0.247. The Morgan fingerprint density at radius 1 is 1.15 bits per heavy atom. The number of methoxy groups -OCH3 is 1. The van der Waals surface area contributed by atoms with Crippen LogP contribution in [0.4, 0.5) is 10.5 Å². The third kappa shape index (κ3) is 5.49. The SMILES string of the molecule is COc1cccc(NC(=O)NC[C@@H]2CC[C@H](Cc3ccccc3)CN2)c1. The van der Waals surface area contributed by atoms with Crippen molar-refractivity contribution in [3.8, 4) is 5.75 Å². The molecule has 1 saturated heterocycles. The first kappa shape index (κ1) is 18.3. The Hall–Kier alpha value is -2.53. The van der Waals surface area contributed by atoms with Gasteiger partial charge >= 0.3 is 6.03 Å². The van der Waals surface area contributed by atoms with Gasteiger partial charge in [0.25, 0.3) is 0 Å². The van der Waals surface area contributed by atoms with Crippen molar-refractivity contribution in [1.29, 1.82) is 0 Å². The maximum Gasteiger partial charge on any atom is 0.319 e. The van der Waals surface area contributed by atoms with Crippen LogP contribution in [0.25, 0.3) is 0 Å². The summed E-state index contributed by atoms with van der Waals surface area (Å²) in [4.78, 5) is 12.1. The van der Waals surface area contributed by atoms with Gasteiger partial charge in [0.2, 0.25) is 0 Å². The summed E-state index contributed by atoms with van der Waals surface area (Å²) in [7, 11) is 1.61. The molecule has 3 N–H and O–H groups in total. The fourth-order valence-corrected chi connectivity index (χ4v) is 3.36. The van der Waals surface area contributed by atoms with Crippen molar-refractivity contribution in [2.75, 3.05) is 25.5 Å². The number of hydrogen-bond donors (Lipinski definition) is 3. The summed E-state index contributed by atoms with van der Waals surface area (Å²) in [5.74, 6) is 1.39. The van der Waals surface area contributed by atoms with Gasteiger partial charge in [-0.25, -0.2) is 4.79 Å². The van der Waals surface area contributed by atoms with Crippen molar-refractivity contribution in [3.05, 3.63) is 60.2 Å². The van der Waals surface area contributed by atoms with Gasteiger partial charge < -0.3 is 20.7 Å². The first-order chi connectivity index (χ1) is 12.7. The number of piperidine rings is 1. The third-order valence-electron chi connectivity index (χ3n) is 4.82. The molecule has 26 heavy (non-hydrogen) atoms. The third-order valence-corrected chi connectivity index (χ3v) is 4.82. The molecule has 0 aromatic heterocycles. The standard InChI is InChI=1S/C21H27N3O2/c1-26-20-9-5-8-18(13-20)24-21(25)23-15-19-11-10-17(14-22-19)12-16-6-3-2-4-7-16/h2-9,13,17,19,22H,10-12,14-15H2,1H3,(H2,23,24,25)/t17-,19+/m1/s1. The van der Waals surface area contributed by atoms with Crippen LogP contribution in [0.5, 0.6) is 5.75 Å². The van der Waals surface area contributed by atoms with Crippen molar-refractivity contribution < 1.29 is 9.53 Å². The van der Waals surface area contributed by atoms with Gasteiger partial charge in [0.05, 0.1) is 7.11 Å². The Kier molecular flexibility index (Phi) is 6.50. The van der Waals surface area contributed by atoms with Crippen LogP contribution in [-0.4, -0.2) is 32.3 Å². The molecule has 5 heteroatoms. The zero-order valence-corrected chi connectivity index (χ0v) is 15.2. The molecule has 1 aliphatic rings. The number of benzene rings is 2. The van der Waals surface area contributed by atoms with Gasteiger partial charge in [-0.05, 0) is 49.4 Å². The molecule has 0 radical (unpaired) electrons. The highest BCUT2D eigenvalue weighted by molar-refractivity contribution is 5.89. The highest BCUT2D eigenvalue weighted by Crippen LogP contribution is 2.19. The van der Waals surface area contributed by atoms with Crippen LogP contribution < -0.4 is 20.7 Å². The van der Waals surface area contributed by atoms with E-state index < -0.39 is 0 Å². The van der Waals surface area contributed by atoms with E-state index >= 15 is 0 Å². The van der Waals surface area contributed by atoms with E-state index in [4.69, 9.17) is 4.74 Å². The van der Waals surface area contributed by atoms with Gasteiger partial charge in [-0.1, -0.05) is 36.4 Å². The Balaban J connectivity index is 1.37. The molecule has 2 aromatic carbocycles. The lowest BCUT2D eigenvalue weighted by atomic mass is 9.89. The number of nitrogens with one attached hydrogen (secondary N) is 3. The van der Waals surface area contributed by atoms with E-state index in [1.807, 2.05) is 18.2 Å². The Morgan fingerprint density at radius 2 is 2.00 bits per heavy atom. The molecule has 5 nitrogen and oxygen atoms in total. The van der Waals surface area contributed by atoms with Crippen LogP contribution >= 0.6 is 0 Å². The van der Waals surface area contributed by atoms with Crippen LogP contribution in [0.1, 0.15) is 18.4 Å². The molecule has 138 valence electrons. The first-order valence-electron chi connectivity index (χ1n) is 9.19. The lowest BCUT2D eigenvalue weighted by Gasteiger charge is -2.30. The number of anilines is 1. The van der Waals surface area contributed by atoms with Crippen molar-refractivity contribution >= 4 is 11.7 Å². The monoisotopic (exact) mass is 353 g/mol.